The monoisotopic (exact) mass is 299 g/mol. The van der Waals surface area contributed by atoms with Crippen LogP contribution in [0.25, 0.3) is 0 Å². The van der Waals surface area contributed by atoms with Crippen molar-refractivity contribution in [2.45, 2.75) is 11.7 Å². The highest BCUT2D eigenvalue weighted by molar-refractivity contribution is 7.90. The Hall–Kier alpha value is -2.09. The summed E-state index contributed by atoms with van der Waals surface area (Å²) < 4.78 is 49.5. The molecule has 0 spiro atoms. The molecule has 0 aliphatic carbocycles. The topological polar surface area (TPSA) is 72.0 Å². The number of anilines is 1. The highest BCUT2D eigenvalue weighted by Crippen LogP contribution is 2.14. The Morgan fingerprint density at radius 1 is 1.20 bits per heavy atom. The molecule has 2 rings (SSSR count). The summed E-state index contributed by atoms with van der Waals surface area (Å²) in [5, 5.41) is 2.06. The fourth-order valence-electron chi connectivity index (χ4n) is 1.47. The molecule has 0 saturated heterocycles. The summed E-state index contributed by atoms with van der Waals surface area (Å²) in [4.78, 5) is 6.98. The van der Waals surface area contributed by atoms with E-state index in [1.54, 1.807) is 6.07 Å². The summed E-state index contributed by atoms with van der Waals surface area (Å²) in [6, 6.07) is 5.97. The first-order valence-corrected chi connectivity index (χ1v) is 7.47. The minimum Gasteiger partial charge on any atom is -0.363 e. The second-order valence-corrected chi connectivity index (χ2v) is 5.98. The third-order valence-electron chi connectivity index (χ3n) is 2.46. The Bertz CT molecular complexity index is 735. The highest BCUT2D eigenvalue weighted by Gasteiger charge is 2.15. The summed E-state index contributed by atoms with van der Waals surface area (Å²) in [5.41, 5.74) is 0.311. The molecule has 0 bridgehead atoms. The molecule has 5 nitrogen and oxygen atoms in total. The minimum atomic E-state index is -3.64. The summed E-state index contributed by atoms with van der Waals surface area (Å²) in [6.07, 6.45) is 1.67. The van der Waals surface area contributed by atoms with Crippen LogP contribution in [0.15, 0.2) is 35.6 Å². The average molecular weight is 299 g/mol. The van der Waals surface area contributed by atoms with E-state index in [1.807, 2.05) is 0 Å². The number of hydrogen-bond donors (Lipinski definition) is 1. The van der Waals surface area contributed by atoms with Gasteiger partial charge in [-0.1, -0.05) is 18.2 Å². The van der Waals surface area contributed by atoms with Crippen molar-refractivity contribution in [1.82, 2.24) is 9.97 Å². The van der Waals surface area contributed by atoms with Crippen LogP contribution in [0, 0.1) is 11.6 Å². The Morgan fingerprint density at radius 3 is 2.55 bits per heavy atom. The number of benzene rings is 1. The second-order valence-electron chi connectivity index (χ2n) is 4.07. The molecule has 2 aromatic rings. The standard InChI is InChI=1S/C12H11F2N3O2S/c1-20(18,19)12-16-7-10(14)11(17-12)15-6-8-4-2-3-5-9(8)13/h2-5,7H,6H2,1H3,(H,15,16,17). The Morgan fingerprint density at radius 2 is 1.90 bits per heavy atom. The number of nitrogens with one attached hydrogen (secondary N) is 1. The highest BCUT2D eigenvalue weighted by atomic mass is 32.2. The lowest BCUT2D eigenvalue weighted by atomic mass is 10.2. The Kier molecular flexibility index (Phi) is 3.93. The van der Waals surface area contributed by atoms with Gasteiger partial charge in [0.05, 0.1) is 6.20 Å². The summed E-state index contributed by atoms with van der Waals surface area (Å²) in [6.45, 7) is -0.0240. The maximum absolute atomic E-state index is 13.5. The van der Waals surface area contributed by atoms with Crippen LogP contribution < -0.4 is 5.32 Å². The van der Waals surface area contributed by atoms with Crippen molar-refractivity contribution in [3.05, 3.63) is 47.7 Å². The molecule has 8 heteroatoms. The van der Waals surface area contributed by atoms with Crippen molar-refractivity contribution in [3.8, 4) is 0 Å². The SMILES string of the molecule is CS(=O)(=O)c1ncc(F)c(NCc2ccccc2F)n1. The van der Waals surface area contributed by atoms with E-state index < -0.39 is 26.6 Å². The van der Waals surface area contributed by atoms with Gasteiger partial charge in [-0.05, 0) is 6.07 Å². The predicted octanol–water partition coefficient (Wildman–Crippen LogP) is 1.77. The largest absolute Gasteiger partial charge is 0.363 e. The molecule has 20 heavy (non-hydrogen) atoms. The van der Waals surface area contributed by atoms with Crippen molar-refractivity contribution in [3.63, 3.8) is 0 Å². The van der Waals surface area contributed by atoms with Crippen LogP contribution in [0.5, 0.6) is 0 Å². The van der Waals surface area contributed by atoms with E-state index in [-0.39, 0.29) is 12.4 Å². The number of sulfone groups is 1. The van der Waals surface area contributed by atoms with Gasteiger partial charge in [-0.15, -0.1) is 0 Å². The van der Waals surface area contributed by atoms with Crippen LogP contribution >= 0.6 is 0 Å². The summed E-state index contributed by atoms with van der Waals surface area (Å²) >= 11 is 0. The lowest BCUT2D eigenvalue weighted by Gasteiger charge is -2.08. The van der Waals surface area contributed by atoms with Crippen molar-refractivity contribution in [2.75, 3.05) is 11.6 Å². The fraction of sp³-hybridized carbons (Fsp3) is 0.167. The summed E-state index contributed by atoms with van der Waals surface area (Å²) in [5.74, 6) is -1.55. The quantitative estimate of drug-likeness (QED) is 0.871. The van der Waals surface area contributed by atoms with Gasteiger partial charge in [0.25, 0.3) is 0 Å². The van der Waals surface area contributed by atoms with Crippen molar-refractivity contribution >= 4 is 15.7 Å². The maximum atomic E-state index is 13.5. The third-order valence-corrected chi connectivity index (χ3v) is 3.32. The minimum absolute atomic E-state index is 0.0240. The van der Waals surface area contributed by atoms with Crippen LogP contribution in [0.1, 0.15) is 5.56 Å². The molecule has 1 heterocycles. The molecule has 0 saturated carbocycles. The van der Waals surface area contributed by atoms with Gasteiger partial charge in [-0.3, -0.25) is 0 Å². The van der Waals surface area contributed by atoms with E-state index in [9.17, 15) is 17.2 Å². The molecule has 1 aromatic carbocycles. The maximum Gasteiger partial charge on any atom is 0.248 e. The molecular formula is C12H11F2N3O2S. The number of aromatic nitrogens is 2. The lowest BCUT2D eigenvalue weighted by Crippen LogP contribution is -2.10. The van der Waals surface area contributed by atoms with Crippen molar-refractivity contribution in [2.24, 2.45) is 0 Å². The zero-order valence-corrected chi connectivity index (χ0v) is 11.3. The normalized spacial score (nSPS) is 11.3. The lowest BCUT2D eigenvalue weighted by molar-refractivity contribution is 0.581. The Balaban J connectivity index is 2.24. The van der Waals surface area contributed by atoms with Gasteiger partial charge in [0, 0.05) is 18.4 Å². The van der Waals surface area contributed by atoms with Crippen LogP contribution in [0.4, 0.5) is 14.6 Å². The van der Waals surface area contributed by atoms with Crippen LogP contribution in [0.3, 0.4) is 0 Å². The molecule has 0 fully saturated rings. The van der Waals surface area contributed by atoms with Crippen molar-refractivity contribution in [1.29, 1.82) is 0 Å². The zero-order chi connectivity index (χ0) is 14.8. The van der Waals surface area contributed by atoms with Gasteiger partial charge in [-0.2, -0.15) is 4.98 Å². The number of hydrogen-bond acceptors (Lipinski definition) is 5. The van der Waals surface area contributed by atoms with Crippen molar-refractivity contribution < 1.29 is 17.2 Å². The summed E-state index contributed by atoms with van der Waals surface area (Å²) in [7, 11) is -3.64. The molecular weight excluding hydrogens is 288 g/mol. The first-order valence-electron chi connectivity index (χ1n) is 5.58. The van der Waals surface area contributed by atoms with Crippen LogP contribution in [-0.2, 0) is 16.4 Å². The van der Waals surface area contributed by atoms with Crippen LogP contribution in [0.2, 0.25) is 0 Å². The smallest absolute Gasteiger partial charge is 0.248 e. The van der Waals surface area contributed by atoms with Crippen LogP contribution in [-0.4, -0.2) is 24.6 Å². The fourth-order valence-corrected chi connectivity index (χ4v) is 1.98. The molecule has 106 valence electrons. The molecule has 0 atom stereocenters. The van der Waals surface area contributed by atoms with Gasteiger partial charge >= 0.3 is 0 Å². The molecule has 1 N–H and O–H groups in total. The van der Waals surface area contributed by atoms with Gasteiger partial charge in [0.2, 0.25) is 15.0 Å². The molecule has 0 amide bonds. The number of halogens is 2. The molecule has 1 aromatic heterocycles. The van der Waals surface area contributed by atoms with E-state index >= 15 is 0 Å². The van der Waals surface area contributed by atoms with Gasteiger partial charge < -0.3 is 5.32 Å². The first kappa shape index (κ1) is 14.3. The third kappa shape index (κ3) is 3.27. The average Bonchev–Trinajstić information content (AvgIpc) is 2.38. The molecule has 0 radical (unpaired) electrons. The van der Waals surface area contributed by atoms with E-state index in [0.29, 0.717) is 5.56 Å². The molecule has 0 unspecified atom stereocenters. The van der Waals surface area contributed by atoms with E-state index in [0.717, 1.165) is 12.5 Å². The van der Waals surface area contributed by atoms with E-state index in [1.165, 1.54) is 18.2 Å². The molecule has 0 aliphatic heterocycles. The van der Waals surface area contributed by atoms with E-state index in [2.05, 4.69) is 15.3 Å². The predicted molar refractivity (Wildman–Crippen MR) is 68.8 cm³/mol. The Labute approximate surface area is 114 Å². The van der Waals surface area contributed by atoms with Gasteiger partial charge in [-0.25, -0.2) is 22.2 Å². The number of nitrogens with zero attached hydrogens (tertiary/aromatic N) is 2. The molecule has 0 aliphatic rings. The van der Waals surface area contributed by atoms with Gasteiger partial charge in [0.15, 0.2) is 11.6 Å². The second kappa shape index (κ2) is 5.49. The van der Waals surface area contributed by atoms with Gasteiger partial charge in [0.1, 0.15) is 5.82 Å². The zero-order valence-electron chi connectivity index (χ0n) is 10.5. The number of rotatable bonds is 4. The van der Waals surface area contributed by atoms with E-state index in [4.69, 9.17) is 0 Å². The first-order chi connectivity index (χ1) is 9.38.